The summed E-state index contributed by atoms with van der Waals surface area (Å²) in [6.45, 7) is 0.562. The lowest BCUT2D eigenvalue weighted by Crippen LogP contribution is -2.02. The lowest BCUT2D eigenvalue weighted by atomic mass is 10.0. The highest BCUT2D eigenvalue weighted by molar-refractivity contribution is 7.99. The van der Waals surface area contributed by atoms with E-state index < -0.39 is 0 Å². The molecule has 3 nitrogen and oxygen atoms in total. The third kappa shape index (κ3) is 2.25. The van der Waals surface area contributed by atoms with Gasteiger partial charge in [0.25, 0.3) is 0 Å². The smallest absolute Gasteiger partial charge is 0.0628 e. The number of nitrogens with one attached hydrogen (secondary N) is 1. The summed E-state index contributed by atoms with van der Waals surface area (Å²) in [5.41, 5.74) is 7.71. The number of hydrogen-bond donors (Lipinski definition) is 2. The number of hydrogen-bond acceptors (Lipinski definition) is 3. The van der Waals surface area contributed by atoms with Gasteiger partial charge in [0.15, 0.2) is 0 Å². The molecule has 0 aliphatic carbocycles. The predicted octanol–water partition coefficient (Wildman–Crippen LogP) is 1.16. The molecule has 1 unspecified atom stereocenters. The van der Waals surface area contributed by atoms with E-state index in [0.717, 1.165) is 18.0 Å². The molecule has 0 saturated carbocycles. The summed E-state index contributed by atoms with van der Waals surface area (Å²) >= 11 is 2.05. The van der Waals surface area contributed by atoms with Crippen LogP contribution >= 0.6 is 11.8 Å². The maximum atomic E-state index is 5.50. The molecule has 1 aromatic rings. The molecular weight excluding hydrogens is 182 g/mol. The zero-order valence-electron chi connectivity index (χ0n) is 7.62. The lowest BCUT2D eigenvalue weighted by Gasteiger charge is -2.03. The molecule has 1 saturated heterocycles. The Bertz CT molecular complexity index is 266. The van der Waals surface area contributed by atoms with Gasteiger partial charge in [-0.15, -0.1) is 0 Å². The van der Waals surface area contributed by atoms with Crippen molar-refractivity contribution < 1.29 is 0 Å². The van der Waals surface area contributed by atoms with Crippen LogP contribution in [0.4, 0.5) is 0 Å². The van der Waals surface area contributed by atoms with Gasteiger partial charge in [0.2, 0.25) is 0 Å². The van der Waals surface area contributed by atoms with Crippen LogP contribution in [0.1, 0.15) is 17.8 Å². The molecule has 2 rings (SSSR count). The molecule has 0 radical (unpaired) electrons. The Kier molecular flexibility index (Phi) is 2.90. The molecule has 3 N–H and O–H groups in total. The SMILES string of the molecule is NCc1cc(CC2CCSC2)n[nH]1. The van der Waals surface area contributed by atoms with Crippen molar-refractivity contribution in [1.29, 1.82) is 0 Å². The maximum absolute atomic E-state index is 5.50. The van der Waals surface area contributed by atoms with Crippen molar-refractivity contribution in [2.75, 3.05) is 11.5 Å². The van der Waals surface area contributed by atoms with Crippen LogP contribution in [0, 0.1) is 5.92 Å². The maximum Gasteiger partial charge on any atom is 0.0628 e. The number of H-pyrrole nitrogens is 1. The van der Waals surface area contributed by atoms with Crippen LogP contribution in [0.15, 0.2) is 6.07 Å². The number of aromatic nitrogens is 2. The van der Waals surface area contributed by atoms with Crippen molar-refractivity contribution >= 4 is 11.8 Å². The molecule has 1 fully saturated rings. The van der Waals surface area contributed by atoms with Gasteiger partial charge in [-0.05, 0) is 36.3 Å². The van der Waals surface area contributed by atoms with E-state index in [2.05, 4.69) is 28.0 Å². The van der Waals surface area contributed by atoms with E-state index in [1.165, 1.54) is 23.6 Å². The summed E-state index contributed by atoms with van der Waals surface area (Å²) in [6, 6.07) is 2.09. The molecule has 72 valence electrons. The fourth-order valence-electron chi connectivity index (χ4n) is 1.66. The van der Waals surface area contributed by atoms with Crippen molar-refractivity contribution in [3.8, 4) is 0 Å². The molecule has 1 aromatic heterocycles. The van der Waals surface area contributed by atoms with E-state index in [9.17, 15) is 0 Å². The van der Waals surface area contributed by atoms with Gasteiger partial charge in [-0.2, -0.15) is 16.9 Å². The molecule has 1 aliphatic rings. The predicted molar refractivity (Wildman–Crippen MR) is 55.6 cm³/mol. The fourth-order valence-corrected chi connectivity index (χ4v) is 2.94. The van der Waals surface area contributed by atoms with Crippen molar-refractivity contribution in [1.82, 2.24) is 10.2 Å². The Morgan fingerprint density at radius 3 is 3.23 bits per heavy atom. The third-order valence-corrected chi connectivity index (χ3v) is 3.66. The lowest BCUT2D eigenvalue weighted by molar-refractivity contribution is 0.586. The van der Waals surface area contributed by atoms with Crippen LogP contribution in [0.3, 0.4) is 0 Å². The van der Waals surface area contributed by atoms with E-state index in [4.69, 9.17) is 5.73 Å². The van der Waals surface area contributed by atoms with Crippen molar-refractivity contribution in [3.63, 3.8) is 0 Å². The summed E-state index contributed by atoms with van der Waals surface area (Å²) < 4.78 is 0. The molecular formula is C9H15N3S. The molecule has 13 heavy (non-hydrogen) atoms. The highest BCUT2D eigenvalue weighted by Gasteiger charge is 2.16. The van der Waals surface area contributed by atoms with Gasteiger partial charge in [-0.1, -0.05) is 0 Å². The molecule has 2 heterocycles. The highest BCUT2D eigenvalue weighted by Crippen LogP contribution is 2.26. The minimum absolute atomic E-state index is 0.562. The minimum Gasteiger partial charge on any atom is -0.325 e. The average molecular weight is 197 g/mol. The van der Waals surface area contributed by atoms with E-state index in [-0.39, 0.29) is 0 Å². The van der Waals surface area contributed by atoms with E-state index >= 15 is 0 Å². The summed E-state index contributed by atoms with van der Waals surface area (Å²) in [5.74, 6) is 3.45. The van der Waals surface area contributed by atoms with Crippen LogP contribution < -0.4 is 5.73 Å². The Hall–Kier alpha value is -0.480. The van der Waals surface area contributed by atoms with Crippen molar-refractivity contribution in [2.45, 2.75) is 19.4 Å². The second-order valence-electron chi connectivity index (χ2n) is 3.52. The first kappa shape index (κ1) is 9.09. The van der Waals surface area contributed by atoms with Crippen LogP contribution in [0.5, 0.6) is 0 Å². The average Bonchev–Trinajstić information content (AvgIpc) is 2.76. The van der Waals surface area contributed by atoms with E-state index in [1.54, 1.807) is 0 Å². The van der Waals surface area contributed by atoms with E-state index in [1.807, 2.05) is 0 Å². The van der Waals surface area contributed by atoms with Gasteiger partial charge in [0, 0.05) is 12.2 Å². The van der Waals surface area contributed by atoms with E-state index in [0.29, 0.717) is 6.54 Å². The van der Waals surface area contributed by atoms with Gasteiger partial charge in [0.05, 0.1) is 5.69 Å². The number of thioether (sulfide) groups is 1. The quantitative estimate of drug-likeness (QED) is 0.764. The molecule has 0 aromatic carbocycles. The summed E-state index contributed by atoms with van der Waals surface area (Å²) in [7, 11) is 0. The standard InChI is InChI=1S/C9H15N3S/c10-5-9-4-8(11-12-9)3-7-1-2-13-6-7/h4,7H,1-3,5-6,10H2,(H,11,12). The van der Waals surface area contributed by atoms with Crippen molar-refractivity contribution in [2.24, 2.45) is 11.7 Å². The Balaban J connectivity index is 1.92. The van der Waals surface area contributed by atoms with Crippen molar-refractivity contribution in [3.05, 3.63) is 17.5 Å². The van der Waals surface area contributed by atoms with Crippen LogP contribution in [-0.2, 0) is 13.0 Å². The fraction of sp³-hybridized carbons (Fsp3) is 0.667. The largest absolute Gasteiger partial charge is 0.325 e. The Morgan fingerprint density at radius 1 is 1.69 bits per heavy atom. The Labute approximate surface area is 82.5 Å². The zero-order chi connectivity index (χ0) is 9.10. The van der Waals surface area contributed by atoms with Gasteiger partial charge >= 0.3 is 0 Å². The summed E-state index contributed by atoms with van der Waals surface area (Å²) in [5, 5.41) is 7.18. The first-order valence-corrected chi connectivity index (χ1v) is 5.85. The first-order valence-electron chi connectivity index (χ1n) is 4.69. The van der Waals surface area contributed by atoms with Gasteiger partial charge < -0.3 is 5.73 Å². The minimum atomic E-state index is 0.562. The summed E-state index contributed by atoms with van der Waals surface area (Å²) in [6.07, 6.45) is 2.46. The number of rotatable bonds is 3. The van der Waals surface area contributed by atoms with Gasteiger partial charge in [-0.3, -0.25) is 5.10 Å². The zero-order valence-corrected chi connectivity index (χ0v) is 8.44. The van der Waals surface area contributed by atoms with Crippen LogP contribution in [-0.4, -0.2) is 21.7 Å². The number of nitrogens with zero attached hydrogens (tertiary/aromatic N) is 1. The topological polar surface area (TPSA) is 54.7 Å². The molecule has 1 atom stereocenters. The molecule has 0 amide bonds. The second-order valence-corrected chi connectivity index (χ2v) is 4.67. The number of nitrogens with two attached hydrogens (primary N) is 1. The van der Waals surface area contributed by atoms with Gasteiger partial charge in [-0.25, -0.2) is 0 Å². The third-order valence-electron chi connectivity index (χ3n) is 2.43. The Morgan fingerprint density at radius 2 is 2.62 bits per heavy atom. The van der Waals surface area contributed by atoms with Gasteiger partial charge in [0.1, 0.15) is 0 Å². The molecule has 4 heteroatoms. The molecule has 1 aliphatic heterocycles. The summed E-state index contributed by atoms with van der Waals surface area (Å²) in [4.78, 5) is 0. The molecule has 0 bridgehead atoms. The molecule has 0 spiro atoms. The number of aromatic amines is 1. The second kappa shape index (κ2) is 4.15. The normalized spacial score (nSPS) is 22.4. The van der Waals surface area contributed by atoms with Crippen LogP contribution in [0.25, 0.3) is 0 Å². The highest BCUT2D eigenvalue weighted by atomic mass is 32.2. The van der Waals surface area contributed by atoms with Crippen LogP contribution in [0.2, 0.25) is 0 Å². The monoisotopic (exact) mass is 197 g/mol. The first-order chi connectivity index (χ1) is 6.38.